The van der Waals surface area contributed by atoms with E-state index in [-0.39, 0.29) is 6.29 Å². The van der Waals surface area contributed by atoms with Crippen LogP contribution in [0.3, 0.4) is 0 Å². The van der Waals surface area contributed by atoms with Crippen molar-refractivity contribution >= 4 is 23.2 Å². The number of hydrogen-bond donors (Lipinski definition) is 1. The highest BCUT2D eigenvalue weighted by atomic mass is 16.7. The number of hydrogen-bond acceptors (Lipinski definition) is 7. The lowest BCUT2D eigenvalue weighted by atomic mass is 10.3. The molecule has 1 aromatic carbocycles. The first-order valence-corrected chi connectivity index (χ1v) is 9.20. The zero-order valence-corrected chi connectivity index (χ0v) is 16.0. The topological polar surface area (TPSA) is 76.8 Å². The molecule has 0 aliphatic rings. The Labute approximate surface area is 159 Å². The first-order chi connectivity index (χ1) is 13.2. The minimum absolute atomic E-state index is 0.224. The third kappa shape index (κ3) is 4.72. The van der Waals surface area contributed by atoms with Crippen molar-refractivity contribution in [2.24, 2.45) is 0 Å². The molecule has 8 nitrogen and oxygen atoms in total. The van der Waals surface area contributed by atoms with Gasteiger partial charge >= 0.3 is 0 Å². The average molecular weight is 370 g/mol. The standard InChI is InChI=1S/C19H26N6O2/c1-4-26-17(27-5-2)12-13-20-18-22-16-11-14-21-25(16)19(23-18)24(3)15-9-7-6-8-10-15/h6-11,14,17H,4-5,12-13H2,1-3H3,(H,20,22). The number of para-hydroxylation sites is 1. The zero-order chi connectivity index (χ0) is 19.1. The van der Waals surface area contributed by atoms with Crippen LogP contribution in [0.4, 0.5) is 17.6 Å². The van der Waals surface area contributed by atoms with E-state index in [4.69, 9.17) is 9.47 Å². The van der Waals surface area contributed by atoms with Crippen molar-refractivity contribution in [3.05, 3.63) is 42.6 Å². The number of fused-ring (bicyclic) bond motifs is 1. The van der Waals surface area contributed by atoms with Gasteiger partial charge in [-0.1, -0.05) is 18.2 Å². The van der Waals surface area contributed by atoms with Crippen LogP contribution in [0.1, 0.15) is 20.3 Å². The Balaban J connectivity index is 1.77. The molecule has 0 unspecified atom stereocenters. The Morgan fingerprint density at radius 2 is 1.81 bits per heavy atom. The first kappa shape index (κ1) is 19.1. The molecule has 3 rings (SSSR count). The summed E-state index contributed by atoms with van der Waals surface area (Å²) in [6.45, 7) is 5.80. The molecule has 8 heteroatoms. The van der Waals surface area contributed by atoms with Gasteiger partial charge in [0, 0.05) is 45.0 Å². The number of nitrogens with one attached hydrogen (secondary N) is 1. The fraction of sp³-hybridized carbons (Fsp3) is 0.421. The molecular formula is C19H26N6O2. The van der Waals surface area contributed by atoms with Gasteiger partial charge in [0.15, 0.2) is 11.9 Å². The fourth-order valence-corrected chi connectivity index (χ4v) is 2.76. The Bertz CT molecular complexity index is 833. The van der Waals surface area contributed by atoms with Crippen molar-refractivity contribution in [2.45, 2.75) is 26.6 Å². The van der Waals surface area contributed by atoms with Crippen LogP contribution in [0, 0.1) is 0 Å². The van der Waals surface area contributed by atoms with E-state index in [1.54, 1.807) is 10.7 Å². The lowest BCUT2D eigenvalue weighted by Gasteiger charge is -2.20. The van der Waals surface area contributed by atoms with Gasteiger partial charge in [0.05, 0.1) is 6.20 Å². The number of ether oxygens (including phenoxy) is 2. The normalized spacial score (nSPS) is 11.3. The van der Waals surface area contributed by atoms with Crippen LogP contribution in [0.2, 0.25) is 0 Å². The zero-order valence-electron chi connectivity index (χ0n) is 16.0. The Morgan fingerprint density at radius 3 is 2.52 bits per heavy atom. The van der Waals surface area contributed by atoms with E-state index in [0.717, 1.165) is 11.3 Å². The summed E-state index contributed by atoms with van der Waals surface area (Å²) in [5, 5.41) is 7.62. The second-order valence-corrected chi connectivity index (χ2v) is 5.90. The molecular weight excluding hydrogens is 344 g/mol. The molecule has 0 saturated carbocycles. The molecule has 0 amide bonds. The van der Waals surface area contributed by atoms with Crippen LogP contribution in [-0.4, -0.2) is 52.7 Å². The molecule has 2 aromatic heterocycles. The number of anilines is 3. The van der Waals surface area contributed by atoms with E-state index < -0.39 is 0 Å². The van der Waals surface area contributed by atoms with Crippen LogP contribution in [-0.2, 0) is 9.47 Å². The Hall–Kier alpha value is -2.71. The molecule has 2 heterocycles. The van der Waals surface area contributed by atoms with Crippen molar-refractivity contribution < 1.29 is 9.47 Å². The van der Waals surface area contributed by atoms with Crippen LogP contribution in [0.5, 0.6) is 0 Å². The number of rotatable bonds is 10. The van der Waals surface area contributed by atoms with Crippen LogP contribution >= 0.6 is 0 Å². The first-order valence-electron chi connectivity index (χ1n) is 9.20. The third-order valence-corrected chi connectivity index (χ3v) is 4.05. The monoisotopic (exact) mass is 370 g/mol. The fourth-order valence-electron chi connectivity index (χ4n) is 2.76. The molecule has 0 fully saturated rings. The van der Waals surface area contributed by atoms with E-state index in [2.05, 4.69) is 20.4 Å². The number of aromatic nitrogens is 4. The molecule has 3 aromatic rings. The molecule has 0 spiro atoms. The average Bonchev–Trinajstić information content (AvgIpc) is 3.16. The minimum atomic E-state index is -0.224. The van der Waals surface area contributed by atoms with Gasteiger partial charge in [0.2, 0.25) is 11.9 Å². The molecule has 0 bridgehead atoms. The van der Waals surface area contributed by atoms with Crippen LogP contribution in [0.15, 0.2) is 42.6 Å². The van der Waals surface area contributed by atoms with Gasteiger partial charge in [-0.05, 0) is 26.0 Å². The quantitative estimate of drug-likeness (QED) is 0.550. The van der Waals surface area contributed by atoms with Gasteiger partial charge in [0.25, 0.3) is 0 Å². The third-order valence-electron chi connectivity index (χ3n) is 4.05. The highest BCUT2D eigenvalue weighted by Gasteiger charge is 2.14. The van der Waals surface area contributed by atoms with Gasteiger partial charge in [-0.25, -0.2) is 0 Å². The lowest BCUT2D eigenvalue weighted by Crippen LogP contribution is -2.22. The van der Waals surface area contributed by atoms with Crippen molar-refractivity contribution in [1.82, 2.24) is 19.6 Å². The van der Waals surface area contributed by atoms with Gasteiger partial charge in [-0.3, -0.25) is 0 Å². The Morgan fingerprint density at radius 1 is 1.07 bits per heavy atom. The summed E-state index contributed by atoms with van der Waals surface area (Å²) in [4.78, 5) is 11.2. The predicted octanol–water partition coefficient (Wildman–Crippen LogP) is 3.09. The van der Waals surface area contributed by atoms with Gasteiger partial charge in [0.1, 0.15) is 0 Å². The van der Waals surface area contributed by atoms with Crippen molar-refractivity contribution in [3.8, 4) is 0 Å². The van der Waals surface area contributed by atoms with Gasteiger partial charge in [-0.15, -0.1) is 0 Å². The highest BCUT2D eigenvalue weighted by Crippen LogP contribution is 2.22. The van der Waals surface area contributed by atoms with E-state index in [0.29, 0.717) is 38.1 Å². The maximum absolute atomic E-state index is 5.57. The summed E-state index contributed by atoms with van der Waals surface area (Å²) < 4.78 is 12.9. The molecule has 27 heavy (non-hydrogen) atoms. The Kier molecular flexibility index (Phi) is 6.56. The summed E-state index contributed by atoms with van der Waals surface area (Å²) >= 11 is 0. The summed E-state index contributed by atoms with van der Waals surface area (Å²) in [6.07, 6.45) is 2.20. The van der Waals surface area contributed by atoms with E-state index in [1.807, 2.05) is 62.2 Å². The van der Waals surface area contributed by atoms with E-state index in [9.17, 15) is 0 Å². The van der Waals surface area contributed by atoms with Crippen LogP contribution in [0.25, 0.3) is 5.65 Å². The summed E-state index contributed by atoms with van der Waals surface area (Å²) in [5.41, 5.74) is 1.75. The molecule has 0 atom stereocenters. The second kappa shape index (κ2) is 9.29. The van der Waals surface area contributed by atoms with E-state index in [1.165, 1.54) is 0 Å². The number of benzene rings is 1. The summed E-state index contributed by atoms with van der Waals surface area (Å²) in [7, 11) is 1.96. The van der Waals surface area contributed by atoms with Gasteiger partial charge in [-0.2, -0.15) is 19.6 Å². The summed E-state index contributed by atoms with van der Waals surface area (Å²) in [6, 6.07) is 11.9. The van der Waals surface area contributed by atoms with Crippen molar-refractivity contribution in [2.75, 3.05) is 37.0 Å². The van der Waals surface area contributed by atoms with Crippen molar-refractivity contribution in [3.63, 3.8) is 0 Å². The molecule has 0 saturated heterocycles. The minimum Gasteiger partial charge on any atom is -0.354 e. The maximum Gasteiger partial charge on any atom is 0.236 e. The molecule has 0 aliphatic heterocycles. The van der Waals surface area contributed by atoms with E-state index >= 15 is 0 Å². The second-order valence-electron chi connectivity index (χ2n) is 5.90. The SMILES string of the molecule is CCOC(CCNc1nc(N(C)c2ccccc2)n2nccc2n1)OCC. The lowest BCUT2D eigenvalue weighted by molar-refractivity contribution is -0.137. The molecule has 1 N–H and O–H groups in total. The smallest absolute Gasteiger partial charge is 0.236 e. The van der Waals surface area contributed by atoms with Crippen LogP contribution < -0.4 is 10.2 Å². The number of nitrogens with zero attached hydrogens (tertiary/aromatic N) is 5. The summed E-state index contributed by atoms with van der Waals surface area (Å²) in [5.74, 6) is 1.23. The van der Waals surface area contributed by atoms with Gasteiger partial charge < -0.3 is 19.7 Å². The predicted molar refractivity (Wildman–Crippen MR) is 105 cm³/mol. The molecule has 144 valence electrons. The largest absolute Gasteiger partial charge is 0.354 e. The van der Waals surface area contributed by atoms with Crippen molar-refractivity contribution in [1.29, 1.82) is 0 Å². The highest BCUT2D eigenvalue weighted by molar-refractivity contribution is 5.60. The maximum atomic E-state index is 5.57. The molecule has 0 radical (unpaired) electrons. The molecule has 0 aliphatic carbocycles.